The van der Waals surface area contributed by atoms with Crippen molar-refractivity contribution >= 4 is 0 Å². The van der Waals surface area contributed by atoms with Gasteiger partial charge in [-0.3, -0.25) is 0 Å². The van der Waals surface area contributed by atoms with Crippen molar-refractivity contribution in [3.8, 4) is 0 Å². The van der Waals surface area contributed by atoms with Crippen molar-refractivity contribution in [3.05, 3.63) is 0 Å². The predicted octanol–water partition coefficient (Wildman–Crippen LogP) is -0.774. The molecule has 11 heavy (non-hydrogen) atoms. The van der Waals surface area contributed by atoms with E-state index in [0.717, 1.165) is 0 Å². The molecule has 0 aromatic carbocycles. The molecule has 0 radical (unpaired) electrons. The number of hydrogen-bond acceptors (Lipinski definition) is 4. The fraction of sp³-hybridized carbons (Fsp3) is 1.00. The van der Waals surface area contributed by atoms with Gasteiger partial charge in [0.2, 0.25) is 0 Å². The molecule has 4 nitrogen and oxygen atoms in total. The van der Waals surface area contributed by atoms with Gasteiger partial charge in [-0.2, -0.15) is 0 Å². The summed E-state index contributed by atoms with van der Waals surface area (Å²) in [4.78, 5) is 0. The van der Waals surface area contributed by atoms with E-state index in [2.05, 4.69) is 0 Å². The van der Waals surface area contributed by atoms with Crippen molar-refractivity contribution in [1.82, 2.24) is 0 Å². The van der Waals surface area contributed by atoms with E-state index in [1.54, 1.807) is 6.92 Å². The molecule has 1 heterocycles. The summed E-state index contributed by atoms with van der Waals surface area (Å²) in [6.07, 6.45) is -2.35. The Morgan fingerprint density at radius 3 is 2.45 bits per heavy atom. The Hall–Kier alpha value is -0.160. The highest BCUT2D eigenvalue weighted by atomic mass is 16.6. The van der Waals surface area contributed by atoms with Crippen LogP contribution < -0.4 is 0 Å². The molecule has 0 aromatic heterocycles. The van der Waals surface area contributed by atoms with Crippen LogP contribution in [0.5, 0.6) is 0 Å². The monoisotopic (exact) mass is 162 g/mol. The van der Waals surface area contributed by atoms with E-state index >= 15 is 0 Å². The zero-order valence-electron chi connectivity index (χ0n) is 6.69. The highest BCUT2D eigenvalue weighted by Gasteiger charge is 2.43. The van der Waals surface area contributed by atoms with E-state index < -0.39 is 24.1 Å². The van der Waals surface area contributed by atoms with Crippen molar-refractivity contribution in [2.45, 2.75) is 44.4 Å². The number of rotatable bonds is 0. The van der Waals surface area contributed by atoms with Crippen molar-refractivity contribution in [3.63, 3.8) is 0 Å². The third-order valence-electron chi connectivity index (χ3n) is 2.28. The molecular formula is C7H14O4. The Morgan fingerprint density at radius 2 is 2.00 bits per heavy atom. The molecule has 66 valence electrons. The Labute approximate surface area is 65.4 Å². The summed E-state index contributed by atoms with van der Waals surface area (Å²) in [5.74, 6) is 0. The molecule has 0 aromatic rings. The molecule has 1 fully saturated rings. The van der Waals surface area contributed by atoms with Gasteiger partial charge in [0.25, 0.3) is 0 Å². The lowest BCUT2D eigenvalue weighted by atomic mass is 9.89. The maximum absolute atomic E-state index is 9.54. The second-order valence-corrected chi connectivity index (χ2v) is 3.21. The highest BCUT2D eigenvalue weighted by molar-refractivity contribution is 4.91. The largest absolute Gasteiger partial charge is 0.390 e. The summed E-state index contributed by atoms with van der Waals surface area (Å²) in [7, 11) is 0. The fourth-order valence-corrected chi connectivity index (χ4v) is 1.13. The first kappa shape index (κ1) is 8.93. The minimum absolute atomic E-state index is 0.0668. The van der Waals surface area contributed by atoms with Gasteiger partial charge >= 0.3 is 0 Å². The SMILES string of the molecule is C[C@@H]1O[C@@H](O)C[C@@H](O)[C@@]1(C)O. The van der Waals surface area contributed by atoms with E-state index in [1.807, 2.05) is 0 Å². The van der Waals surface area contributed by atoms with Crippen LogP contribution in [0.15, 0.2) is 0 Å². The summed E-state index contributed by atoms with van der Waals surface area (Å²) in [6.45, 7) is 3.11. The maximum atomic E-state index is 9.54. The molecule has 0 amide bonds. The molecule has 1 aliphatic rings. The molecule has 0 bridgehead atoms. The lowest BCUT2D eigenvalue weighted by Crippen LogP contribution is -2.56. The Balaban J connectivity index is 2.67. The molecule has 0 saturated carbocycles. The van der Waals surface area contributed by atoms with E-state index in [9.17, 15) is 10.2 Å². The number of aliphatic hydroxyl groups is 3. The highest BCUT2D eigenvalue weighted by Crippen LogP contribution is 2.27. The van der Waals surface area contributed by atoms with E-state index in [0.29, 0.717) is 0 Å². The first-order valence-electron chi connectivity index (χ1n) is 3.68. The molecule has 4 heteroatoms. The summed E-state index contributed by atoms with van der Waals surface area (Å²) in [5.41, 5.74) is -1.25. The smallest absolute Gasteiger partial charge is 0.157 e. The van der Waals surface area contributed by atoms with Crippen molar-refractivity contribution in [2.75, 3.05) is 0 Å². The molecule has 0 unspecified atom stereocenters. The zero-order chi connectivity index (χ0) is 8.65. The van der Waals surface area contributed by atoms with Crippen molar-refractivity contribution in [2.24, 2.45) is 0 Å². The molecule has 0 aliphatic carbocycles. The van der Waals surface area contributed by atoms with Gasteiger partial charge in [-0.05, 0) is 13.8 Å². The van der Waals surface area contributed by atoms with Crippen molar-refractivity contribution < 1.29 is 20.1 Å². The molecule has 1 aliphatic heterocycles. The van der Waals surface area contributed by atoms with Crippen LogP contribution in [0.1, 0.15) is 20.3 Å². The first-order chi connectivity index (χ1) is 4.94. The normalized spacial score (nSPS) is 52.6. The second kappa shape index (κ2) is 2.71. The van der Waals surface area contributed by atoms with Gasteiger partial charge in [0, 0.05) is 6.42 Å². The number of aliphatic hydroxyl groups excluding tert-OH is 2. The van der Waals surface area contributed by atoms with Gasteiger partial charge in [0.15, 0.2) is 6.29 Å². The standard InChI is InChI=1S/C7H14O4/c1-4-7(2,10)5(8)3-6(9)11-4/h4-6,8-10H,3H2,1-2H3/t4-,5+,6+,7-/m0/s1. The molecule has 1 rings (SSSR count). The molecule has 3 N–H and O–H groups in total. The summed E-state index contributed by atoms with van der Waals surface area (Å²) in [6, 6.07) is 0. The predicted molar refractivity (Wildman–Crippen MR) is 37.8 cm³/mol. The Morgan fingerprint density at radius 1 is 1.45 bits per heavy atom. The van der Waals surface area contributed by atoms with Crippen molar-refractivity contribution in [1.29, 1.82) is 0 Å². The third-order valence-corrected chi connectivity index (χ3v) is 2.28. The number of ether oxygens (including phenoxy) is 1. The second-order valence-electron chi connectivity index (χ2n) is 3.21. The van der Waals surface area contributed by atoms with E-state index in [4.69, 9.17) is 9.84 Å². The molecule has 0 spiro atoms. The third kappa shape index (κ3) is 1.54. The van der Waals surface area contributed by atoms with Crippen LogP contribution in [0.2, 0.25) is 0 Å². The van der Waals surface area contributed by atoms with E-state index in [-0.39, 0.29) is 6.42 Å². The first-order valence-corrected chi connectivity index (χ1v) is 3.68. The van der Waals surface area contributed by atoms with Gasteiger partial charge in [-0.25, -0.2) is 0 Å². The number of hydrogen-bond donors (Lipinski definition) is 3. The molecule has 1 saturated heterocycles. The zero-order valence-corrected chi connectivity index (χ0v) is 6.69. The molecular weight excluding hydrogens is 148 g/mol. The Kier molecular flexibility index (Phi) is 2.20. The van der Waals surface area contributed by atoms with Gasteiger partial charge in [-0.1, -0.05) is 0 Å². The van der Waals surface area contributed by atoms with Gasteiger partial charge in [0.05, 0.1) is 12.2 Å². The lowest BCUT2D eigenvalue weighted by Gasteiger charge is -2.40. The maximum Gasteiger partial charge on any atom is 0.157 e. The lowest BCUT2D eigenvalue weighted by molar-refractivity contribution is -0.262. The van der Waals surface area contributed by atoms with Gasteiger partial charge in [0.1, 0.15) is 5.60 Å². The quantitative estimate of drug-likeness (QED) is 0.437. The van der Waals surface area contributed by atoms with E-state index in [1.165, 1.54) is 6.92 Å². The van der Waals surface area contributed by atoms with Gasteiger partial charge < -0.3 is 20.1 Å². The van der Waals surface area contributed by atoms with Gasteiger partial charge in [-0.15, -0.1) is 0 Å². The van der Waals surface area contributed by atoms with Crippen LogP contribution in [0.25, 0.3) is 0 Å². The minimum atomic E-state index is -1.25. The molecule has 4 atom stereocenters. The minimum Gasteiger partial charge on any atom is -0.390 e. The summed E-state index contributed by atoms with van der Waals surface area (Å²) >= 11 is 0. The van der Waals surface area contributed by atoms with Crippen LogP contribution in [0, 0.1) is 0 Å². The summed E-state index contributed by atoms with van der Waals surface area (Å²) in [5, 5.41) is 27.8. The fourth-order valence-electron chi connectivity index (χ4n) is 1.13. The average Bonchev–Trinajstić information content (AvgIpc) is 1.84. The van der Waals surface area contributed by atoms with Crippen LogP contribution in [-0.4, -0.2) is 39.4 Å². The van der Waals surface area contributed by atoms with Crippen LogP contribution >= 0.6 is 0 Å². The Bertz CT molecular complexity index is 131. The summed E-state index contributed by atoms with van der Waals surface area (Å²) < 4.78 is 4.92. The van der Waals surface area contributed by atoms with Crippen LogP contribution in [0.4, 0.5) is 0 Å². The van der Waals surface area contributed by atoms with Crippen LogP contribution in [0.3, 0.4) is 0 Å². The average molecular weight is 162 g/mol. The van der Waals surface area contributed by atoms with Crippen LogP contribution in [-0.2, 0) is 4.74 Å². The topological polar surface area (TPSA) is 69.9 Å².